The van der Waals surface area contributed by atoms with Crippen LogP contribution < -0.4 is 0 Å². The summed E-state index contributed by atoms with van der Waals surface area (Å²) < 4.78 is 34.3. The van der Waals surface area contributed by atoms with Gasteiger partial charge in [-0.15, -0.1) is 0 Å². The van der Waals surface area contributed by atoms with Crippen molar-refractivity contribution in [2.75, 3.05) is 13.2 Å². The minimum atomic E-state index is -3.67. The Hall–Kier alpha value is -1.60. The third kappa shape index (κ3) is 5.51. The molecule has 0 bridgehead atoms. The van der Waals surface area contributed by atoms with E-state index in [-0.39, 0.29) is 18.4 Å². The van der Waals surface area contributed by atoms with Gasteiger partial charge in [0.1, 0.15) is 11.4 Å². The van der Waals surface area contributed by atoms with Crippen LogP contribution in [0.4, 0.5) is 4.79 Å². The third-order valence-corrected chi connectivity index (χ3v) is 4.58. The quantitative estimate of drug-likeness (QED) is 0.770. The molecule has 0 spiro atoms. The van der Waals surface area contributed by atoms with Crippen molar-refractivity contribution < 1.29 is 22.1 Å². The molecule has 0 N–H and O–H groups in total. The molecular weight excluding hydrogens is 318 g/mol. The molecular formula is C16H23NO5S. The lowest BCUT2D eigenvalue weighted by atomic mass is 10.1. The average molecular weight is 341 g/mol. The van der Waals surface area contributed by atoms with E-state index in [4.69, 9.17) is 8.92 Å². The molecule has 0 aromatic heterocycles. The number of ether oxygens (including phenoxy) is 1. The fourth-order valence-corrected chi connectivity index (χ4v) is 3.23. The zero-order valence-electron chi connectivity index (χ0n) is 13.7. The second kappa shape index (κ2) is 6.88. The molecule has 1 aromatic rings. The maximum absolute atomic E-state index is 12.0. The van der Waals surface area contributed by atoms with Gasteiger partial charge in [-0.3, -0.25) is 4.18 Å². The summed E-state index contributed by atoms with van der Waals surface area (Å²) in [6.45, 7) is 5.90. The first-order chi connectivity index (χ1) is 10.7. The average Bonchev–Trinajstić information content (AvgIpc) is 2.35. The smallest absolute Gasteiger partial charge is 0.410 e. The van der Waals surface area contributed by atoms with Crippen LogP contribution in [-0.2, 0) is 24.8 Å². The summed E-state index contributed by atoms with van der Waals surface area (Å²) in [6.07, 6.45) is 0.276. The molecule has 2 rings (SSSR count). The van der Waals surface area contributed by atoms with Gasteiger partial charge in [0.2, 0.25) is 0 Å². The van der Waals surface area contributed by atoms with Crippen LogP contribution in [0, 0.1) is 0 Å². The highest BCUT2D eigenvalue weighted by molar-refractivity contribution is 7.85. The van der Waals surface area contributed by atoms with Crippen molar-refractivity contribution >= 4 is 16.2 Å². The minimum Gasteiger partial charge on any atom is -0.444 e. The first-order valence-corrected chi connectivity index (χ1v) is 9.15. The highest BCUT2D eigenvalue weighted by atomic mass is 32.2. The van der Waals surface area contributed by atoms with Crippen molar-refractivity contribution in [2.24, 2.45) is 0 Å². The van der Waals surface area contributed by atoms with E-state index in [0.717, 1.165) is 0 Å². The molecule has 0 radical (unpaired) electrons. The predicted octanol–water partition coefficient (Wildman–Crippen LogP) is 2.54. The largest absolute Gasteiger partial charge is 0.444 e. The zero-order chi connectivity index (χ0) is 17.1. The van der Waals surface area contributed by atoms with E-state index in [1.54, 1.807) is 45.0 Å². The van der Waals surface area contributed by atoms with Gasteiger partial charge in [0.25, 0.3) is 10.1 Å². The molecule has 1 aliphatic heterocycles. The number of rotatable bonds is 5. The SMILES string of the molecule is CC(C)(C)OC(=O)N1CC[C@@H]1COS(=O)(=O)Cc1ccccc1. The number of benzene rings is 1. The lowest BCUT2D eigenvalue weighted by Gasteiger charge is -2.40. The van der Waals surface area contributed by atoms with Crippen molar-refractivity contribution in [1.82, 2.24) is 4.90 Å². The van der Waals surface area contributed by atoms with Gasteiger partial charge in [0.15, 0.2) is 0 Å². The molecule has 0 aliphatic carbocycles. The molecule has 1 saturated heterocycles. The Labute approximate surface area is 137 Å². The van der Waals surface area contributed by atoms with Crippen molar-refractivity contribution in [3.05, 3.63) is 35.9 Å². The molecule has 6 nitrogen and oxygen atoms in total. The first kappa shape index (κ1) is 17.7. The highest BCUT2D eigenvalue weighted by Gasteiger charge is 2.36. The van der Waals surface area contributed by atoms with Gasteiger partial charge in [-0.25, -0.2) is 4.79 Å². The van der Waals surface area contributed by atoms with E-state index < -0.39 is 21.8 Å². The molecule has 0 saturated carbocycles. The number of likely N-dealkylation sites (tertiary alicyclic amines) is 1. The molecule has 0 unspecified atom stereocenters. The Morgan fingerprint density at radius 1 is 1.26 bits per heavy atom. The molecule has 1 amide bonds. The van der Waals surface area contributed by atoms with Gasteiger partial charge in [-0.2, -0.15) is 8.42 Å². The summed E-state index contributed by atoms with van der Waals surface area (Å²) in [6, 6.07) is 8.59. The number of carbonyl (C=O) groups excluding carboxylic acids is 1. The van der Waals surface area contributed by atoms with Crippen LogP contribution in [0.25, 0.3) is 0 Å². The van der Waals surface area contributed by atoms with E-state index in [9.17, 15) is 13.2 Å². The Bertz CT molecular complexity index is 636. The maximum atomic E-state index is 12.0. The van der Waals surface area contributed by atoms with Gasteiger partial charge >= 0.3 is 6.09 Å². The number of nitrogens with zero attached hydrogens (tertiary/aromatic N) is 1. The summed E-state index contributed by atoms with van der Waals surface area (Å²) in [5.41, 5.74) is 0.0994. The Kier molecular flexibility index (Phi) is 5.31. The lowest BCUT2D eigenvalue weighted by Crippen LogP contribution is -2.54. The topological polar surface area (TPSA) is 72.9 Å². The van der Waals surface area contributed by atoms with Gasteiger partial charge in [-0.1, -0.05) is 30.3 Å². The van der Waals surface area contributed by atoms with Crippen LogP contribution in [-0.4, -0.2) is 44.2 Å². The van der Waals surface area contributed by atoms with Crippen LogP contribution in [0.2, 0.25) is 0 Å². The van der Waals surface area contributed by atoms with Crippen LogP contribution in [0.1, 0.15) is 32.8 Å². The fraction of sp³-hybridized carbons (Fsp3) is 0.562. The molecule has 7 heteroatoms. The standard InChI is InChI=1S/C16H23NO5S/c1-16(2,3)22-15(18)17-10-9-14(17)11-21-23(19,20)12-13-7-5-4-6-8-13/h4-8,14H,9-12H2,1-3H3/t14-/m1/s1. The normalized spacial score (nSPS) is 18.4. The van der Waals surface area contributed by atoms with E-state index in [1.807, 2.05) is 6.07 Å². The Morgan fingerprint density at radius 3 is 2.43 bits per heavy atom. The number of hydrogen-bond donors (Lipinski definition) is 0. The van der Waals surface area contributed by atoms with E-state index >= 15 is 0 Å². The monoisotopic (exact) mass is 341 g/mol. The second-order valence-electron chi connectivity index (χ2n) is 6.59. The van der Waals surface area contributed by atoms with Crippen LogP contribution in [0.3, 0.4) is 0 Å². The van der Waals surface area contributed by atoms with Crippen molar-refractivity contribution in [2.45, 2.75) is 44.6 Å². The molecule has 1 aromatic carbocycles. The second-order valence-corrected chi connectivity index (χ2v) is 8.23. The molecule has 23 heavy (non-hydrogen) atoms. The number of amides is 1. The van der Waals surface area contributed by atoms with Crippen LogP contribution in [0.15, 0.2) is 30.3 Å². The van der Waals surface area contributed by atoms with Gasteiger partial charge in [0, 0.05) is 6.54 Å². The molecule has 1 fully saturated rings. The van der Waals surface area contributed by atoms with Crippen molar-refractivity contribution in [3.8, 4) is 0 Å². The van der Waals surface area contributed by atoms with Crippen molar-refractivity contribution in [1.29, 1.82) is 0 Å². The summed E-state index contributed by atoms with van der Waals surface area (Å²) in [7, 11) is -3.67. The Balaban J connectivity index is 1.84. The molecule has 1 atom stereocenters. The van der Waals surface area contributed by atoms with E-state index in [2.05, 4.69) is 0 Å². The summed E-state index contributed by atoms with van der Waals surface area (Å²) >= 11 is 0. The molecule has 128 valence electrons. The van der Waals surface area contributed by atoms with Crippen LogP contribution in [0.5, 0.6) is 0 Å². The molecule has 1 heterocycles. The lowest BCUT2D eigenvalue weighted by molar-refractivity contribution is -0.0137. The summed E-state index contributed by atoms with van der Waals surface area (Å²) in [5.74, 6) is -0.174. The minimum absolute atomic E-state index is 0.0333. The first-order valence-electron chi connectivity index (χ1n) is 7.57. The van der Waals surface area contributed by atoms with Gasteiger partial charge < -0.3 is 9.64 Å². The van der Waals surface area contributed by atoms with Crippen LogP contribution >= 0.6 is 0 Å². The molecule has 1 aliphatic rings. The van der Waals surface area contributed by atoms with E-state index in [1.165, 1.54) is 4.90 Å². The predicted molar refractivity (Wildman–Crippen MR) is 86.4 cm³/mol. The third-order valence-electron chi connectivity index (χ3n) is 3.40. The van der Waals surface area contributed by atoms with E-state index in [0.29, 0.717) is 18.5 Å². The maximum Gasteiger partial charge on any atom is 0.410 e. The fourth-order valence-electron chi connectivity index (χ4n) is 2.18. The van der Waals surface area contributed by atoms with Gasteiger partial charge in [0.05, 0.1) is 12.6 Å². The van der Waals surface area contributed by atoms with Crippen molar-refractivity contribution in [3.63, 3.8) is 0 Å². The Morgan fingerprint density at radius 2 is 1.91 bits per heavy atom. The number of hydrogen-bond acceptors (Lipinski definition) is 5. The number of carbonyl (C=O) groups is 1. The summed E-state index contributed by atoms with van der Waals surface area (Å²) in [4.78, 5) is 13.5. The highest BCUT2D eigenvalue weighted by Crippen LogP contribution is 2.22. The zero-order valence-corrected chi connectivity index (χ0v) is 14.5. The summed E-state index contributed by atoms with van der Waals surface area (Å²) in [5, 5.41) is 0. The van der Waals surface area contributed by atoms with Gasteiger partial charge in [-0.05, 0) is 32.8 Å².